The number of nitrogen functional groups attached to an aromatic ring is 1. The van der Waals surface area contributed by atoms with Crippen molar-refractivity contribution in [1.82, 2.24) is 9.97 Å². The van der Waals surface area contributed by atoms with Crippen LogP contribution >= 0.6 is 11.6 Å². The molecule has 1 aromatic carbocycles. The highest BCUT2D eigenvalue weighted by Crippen LogP contribution is 2.24. The molecule has 0 aliphatic heterocycles. The van der Waals surface area contributed by atoms with Crippen molar-refractivity contribution in [1.29, 1.82) is 0 Å². The molecule has 2 rings (SSSR count). The van der Waals surface area contributed by atoms with Crippen LogP contribution in [0.3, 0.4) is 0 Å². The Morgan fingerprint density at radius 1 is 1.28 bits per heavy atom. The van der Waals surface area contributed by atoms with Crippen LogP contribution in [0.2, 0.25) is 5.02 Å². The van der Waals surface area contributed by atoms with Crippen molar-refractivity contribution in [2.45, 2.75) is 19.4 Å². The number of anilines is 2. The molecule has 18 heavy (non-hydrogen) atoms. The molecule has 94 valence electrons. The summed E-state index contributed by atoms with van der Waals surface area (Å²) >= 11 is 6.03. The number of aromatic nitrogens is 2. The molecule has 0 aliphatic carbocycles. The van der Waals surface area contributed by atoms with E-state index >= 15 is 0 Å². The Morgan fingerprint density at radius 2 is 2.00 bits per heavy atom. The normalized spacial score (nSPS) is 12.1. The Labute approximate surface area is 111 Å². The van der Waals surface area contributed by atoms with Crippen molar-refractivity contribution in [2.24, 2.45) is 0 Å². The minimum absolute atomic E-state index is 0.208. The van der Waals surface area contributed by atoms with Crippen molar-refractivity contribution in [3.8, 4) is 0 Å². The summed E-state index contributed by atoms with van der Waals surface area (Å²) in [6, 6.07) is 10.4. The van der Waals surface area contributed by atoms with Crippen LogP contribution in [0.25, 0.3) is 0 Å². The minimum atomic E-state index is 0.208. The molecule has 0 radical (unpaired) electrons. The fourth-order valence-electron chi connectivity index (χ4n) is 1.74. The molecule has 0 fully saturated rings. The lowest BCUT2D eigenvalue weighted by atomic mass is 10.1. The van der Waals surface area contributed by atoms with Gasteiger partial charge in [0.2, 0.25) is 0 Å². The van der Waals surface area contributed by atoms with Gasteiger partial charge in [-0.15, -0.1) is 0 Å². The summed E-state index contributed by atoms with van der Waals surface area (Å²) < 4.78 is 0. The van der Waals surface area contributed by atoms with Crippen LogP contribution in [0.5, 0.6) is 0 Å². The largest absolute Gasteiger partial charge is 0.382 e. The molecule has 4 nitrogen and oxygen atoms in total. The van der Waals surface area contributed by atoms with Gasteiger partial charge in [-0.05, 0) is 18.9 Å². The van der Waals surface area contributed by atoms with Gasteiger partial charge in [0.25, 0.3) is 0 Å². The SMILES string of the molecule is CC(Cc1ccccc1)Nc1ncnc(N)c1Cl. The lowest BCUT2D eigenvalue weighted by molar-refractivity contribution is 0.784. The smallest absolute Gasteiger partial charge is 0.150 e. The maximum Gasteiger partial charge on any atom is 0.150 e. The van der Waals surface area contributed by atoms with Gasteiger partial charge in [-0.1, -0.05) is 41.9 Å². The number of hydrogen-bond donors (Lipinski definition) is 2. The van der Waals surface area contributed by atoms with Gasteiger partial charge in [0.15, 0.2) is 5.82 Å². The molecule has 0 amide bonds. The van der Waals surface area contributed by atoms with E-state index < -0.39 is 0 Å². The number of rotatable bonds is 4. The van der Waals surface area contributed by atoms with Crippen LogP contribution in [0, 0.1) is 0 Å². The molecule has 1 atom stereocenters. The number of halogens is 1. The lowest BCUT2D eigenvalue weighted by Crippen LogP contribution is -2.19. The average molecular weight is 263 g/mol. The maximum absolute atomic E-state index is 6.03. The third-order valence-electron chi connectivity index (χ3n) is 2.58. The molecule has 0 spiro atoms. The summed E-state index contributed by atoms with van der Waals surface area (Å²) in [6.07, 6.45) is 2.29. The Balaban J connectivity index is 2.03. The highest BCUT2D eigenvalue weighted by Gasteiger charge is 2.09. The van der Waals surface area contributed by atoms with Crippen LogP contribution in [0.15, 0.2) is 36.7 Å². The molecule has 1 aromatic heterocycles. The number of nitrogens with zero attached hydrogens (tertiary/aromatic N) is 2. The first-order valence-corrected chi connectivity index (χ1v) is 6.11. The second-order valence-corrected chi connectivity index (χ2v) is 4.53. The predicted molar refractivity (Wildman–Crippen MR) is 74.7 cm³/mol. The van der Waals surface area contributed by atoms with Gasteiger partial charge in [0, 0.05) is 6.04 Å². The van der Waals surface area contributed by atoms with Crippen molar-refractivity contribution in [3.63, 3.8) is 0 Å². The standard InChI is InChI=1S/C13H15ClN4/c1-9(7-10-5-3-2-4-6-10)18-13-11(14)12(15)16-8-17-13/h2-6,8-9H,7H2,1H3,(H3,15,16,17,18). The third kappa shape index (κ3) is 3.11. The molecule has 3 N–H and O–H groups in total. The second kappa shape index (κ2) is 5.69. The minimum Gasteiger partial charge on any atom is -0.382 e. The number of nitrogens with one attached hydrogen (secondary N) is 1. The van der Waals surface area contributed by atoms with Gasteiger partial charge < -0.3 is 11.1 Å². The van der Waals surface area contributed by atoms with Crippen molar-refractivity contribution < 1.29 is 0 Å². The quantitative estimate of drug-likeness (QED) is 0.889. The van der Waals surface area contributed by atoms with Crippen molar-refractivity contribution >= 4 is 23.2 Å². The van der Waals surface area contributed by atoms with Crippen LogP contribution in [-0.4, -0.2) is 16.0 Å². The van der Waals surface area contributed by atoms with Gasteiger partial charge in [0.1, 0.15) is 17.2 Å². The van der Waals surface area contributed by atoms with Crippen molar-refractivity contribution in [3.05, 3.63) is 47.2 Å². The Kier molecular flexibility index (Phi) is 3.99. The molecule has 1 unspecified atom stereocenters. The maximum atomic E-state index is 6.03. The highest BCUT2D eigenvalue weighted by atomic mass is 35.5. The topological polar surface area (TPSA) is 63.8 Å². The van der Waals surface area contributed by atoms with E-state index in [2.05, 4.69) is 34.3 Å². The summed E-state index contributed by atoms with van der Waals surface area (Å²) in [4.78, 5) is 7.91. The number of hydrogen-bond acceptors (Lipinski definition) is 4. The van der Waals surface area contributed by atoms with Gasteiger partial charge in [0.05, 0.1) is 0 Å². The van der Waals surface area contributed by atoms with Gasteiger partial charge in [-0.2, -0.15) is 0 Å². The first-order chi connectivity index (χ1) is 8.66. The molecule has 5 heteroatoms. The van der Waals surface area contributed by atoms with Crippen LogP contribution in [0.4, 0.5) is 11.6 Å². The van der Waals surface area contributed by atoms with E-state index in [1.165, 1.54) is 11.9 Å². The Morgan fingerprint density at radius 3 is 2.72 bits per heavy atom. The van der Waals surface area contributed by atoms with Crippen LogP contribution in [-0.2, 0) is 6.42 Å². The molecule has 0 aliphatic rings. The molecule has 2 aromatic rings. The zero-order valence-corrected chi connectivity index (χ0v) is 10.9. The Bertz CT molecular complexity index is 516. The van der Waals surface area contributed by atoms with E-state index in [9.17, 15) is 0 Å². The fourth-order valence-corrected chi connectivity index (χ4v) is 1.89. The van der Waals surface area contributed by atoms with E-state index in [1.54, 1.807) is 0 Å². The number of benzene rings is 1. The number of nitrogens with two attached hydrogens (primary N) is 1. The molecule has 0 saturated heterocycles. The van der Waals surface area contributed by atoms with Gasteiger partial charge >= 0.3 is 0 Å². The monoisotopic (exact) mass is 262 g/mol. The fraction of sp³-hybridized carbons (Fsp3) is 0.231. The average Bonchev–Trinajstić information content (AvgIpc) is 2.36. The zero-order chi connectivity index (χ0) is 13.0. The molecular formula is C13H15ClN4. The Hall–Kier alpha value is -1.81. The summed E-state index contributed by atoms with van der Waals surface area (Å²) in [6.45, 7) is 2.07. The predicted octanol–water partition coefficient (Wildman–Crippen LogP) is 2.76. The lowest BCUT2D eigenvalue weighted by Gasteiger charge is -2.15. The highest BCUT2D eigenvalue weighted by molar-refractivity contribution is 6.35. The van der Waals surface area contributed by atoms with E-state index in [0.29, 0.717) is 16.7 Å². The van der Waals surface area contributed by atoms with Crippen molar-refractivity contribution in [2.75, 3.05) is 11.1 Å². The molecule has 1 heterocycles. The molecule has 0 bridgehead atoms. The van der Waals surface area contributed by atoms with Gasteiger partial charge in [-0.25, -0.2) is 9.97 Å². The summed E-state index contributed by atoms with van der Waals surface area (Å²) in [5.74, 6) is 0.869. The van der Waals surface area contributed by atoms with E-state index in [4.69, 9.17) is 17.3 Å². The zero-order valence-electron chi connectivity index (χ0n) is 10.1. The third-order valence-corrected chi connectivity index (χ3v) is 2.96. The first-order valence-electron chi connectivity index (χ1n) is 5.73. The molecular weight excluding hydrogens is 248 g/mol. The first kappa shape index (κ1) is 12.6. The van der Waals surface area contributed by atoms with E-state index in [-0.39, 0.29) is 6.04 Å². The summed E-state index contributed by atoms with van der Waals surface area (Å²) in [5, 5.41) is 3.61. The van der Waals surface area contributed by atoms with Crippen LogP contribution < -0.4 is 11.1 Å². The molecule has 0 saturated carbocycles. The van der Waals surface area contributed by atoms with E-state index in [1.807, 2.05) is 18.2 Å². The summed E-state index contributed by atoms with van der Waals surface area (Å²) in [7, 11) is 0. The van der Waals surface area contributed by atoms with Gasteiger partial charge in [-0.3, -0.25) is 0 Å². The van der Waals surface area contributed by atoms with E-state index in [0.717, 1.165) is 6.42 Å². The van der Waals surface area contributed by atoms with Crippen LogP contribution in [0.1, 0.15) is 12.5 Å². The second-order valence-electron chi connectivity index (χ2n) is 4.16. The summed E-state index contributed by atoms with van der Waals surface area (Å²) in [5.41, 5.74) is 6.89.